The number of ether oxygens (including phenoxy) is 1. The van der Waals surface area contributed by atoms with Gasteiger partial charge < -0.3 is 10.1 Å². The Morgan fingerprint density at radius 2 is 2.16 bits per heavy atom. The van der Waals surface area contributed by atoms with E-state index in [1.807, 2.05) is 18.2 Å². The molecule has 0 aliphatic heterocycles. The minimum absolute atomic E-state index is 0.114. The topological polar surface area (TPSA) is 21.3 Å². The summed E-state index contributed by atoms with van der Waals surface area (Å²) < 4.78 is 5.46. The van der Waals surface area contributed by atoms with Gasteiger partial charge in [-0.05, 0) is 48.7 Å². The van der Waals surface area contributed by atoms with E-state index in [0.29, 0.717) is 0 Å². The summed E-state index contributed by atoms with van der Waals surface area (Å²) in [7, 11) is 1.69. The Balaban J connectivity index is 2.46. The van der Waals surface area contributed by atoms with E-state index < -0.39 is 0 Å². The van der Waals surface area contributed by atoms with Crippen molar-refractivity contribution < 1.29 is 4.74 Å². The zero-order chi connectivity index (χ0) is 13.8. The van der Waals surface area contributed by atoms with Crippen LogP contribution in [0.1, 0.15) is 29.0 Å². The first-order valence-electron chi connectivity index (χ1n) is 6.27. The van der Waals surface area contributed by atoms with Crippen molar-refractivity contribution in [2.75, 3.05) is 13.7 Å². The average Bonchev–Trinajstić information content (AvgIpc) is 2.82. The summed E-state index contributed by atoms with van der Waals surface area (Å²) in [6.07, 6.45) is 0. The lowest BCUT2D eigenvalue weighted by Gasteiger charge is -2.20. The monoisotopic (exact) mass is 295 g/mol. The van der Waals surface area contributed by atoms with Crippen molar-refractivity contribution in [3.05, 3.63) is 50.7 Å². The van der Waals surface area contributed by atoms with Crippen molar-refractivity contribution in [3.8, 4) is 5.75 Å². The summed E-state index contributed by atoms with van der Waals surface area (Å²) in [5.41, 5.74) is 2.33. The molecule has 102 valence electrons. The Hall–Kier alpha value is -1.03. The van der Waals surface area contributed by atoms with Crippen molar-refractivity contribution in [1.29, 1.82) is 0 Å². The average molecular weight is 296 g/mol. The molecular formula is C15H18ClNOS. The summed E-state index contributed by atoms with van der Waals surface area (Å²) in [5, 5.41) is 6.41. The molecule has 0 amide bonds. The lowest BCUT2D eigenvalue weighted by atomic mass is 10.00. The Bertz CT molecular complexity index is 553. The third-order valence-electron chi connectivity index (χ3n) is 3.00. The van der Waals surface area contributed by atoms with E-state index >= 15 is 0 Å². The summed E-state index contributed by atoms with van der Waals surface area (Å²) in [6, 6.07) is 8.06. The predicted octanol–water partition coefficient (Wildman–Crippen LogP) is 4.42. The van der Waals surface area contributed by atoms with Crippen LogP contribution in [0.4, 0.5) is 0 Å². The molecule has 0 saturated heterocycles. The van der Waals surface area contributed by atoms with Crippen LogP contribution < -0.4 is 10.1 Å². The normalized spacial score (nSPS) is 12.4. The number of hydrogen-bond acceptors (Lipinski definition) is 3. The maximum absolute atomic E-state index is 6.13. The van der Waals surface area contributed by atoms with Crippen molar-refractivity contribution in [1.82, 2.24) is 5.32 Å². The molecule has 4 heteroatoms. The predicted molar refractivity (Wildman–Crippen MR) is 82.6 cm³/mol. The van der Waals surface area contributed by atoms with E-state index in [1.165, 1.54) is 10.4 Å². The molecular weight excluding hydrogens is 278 g/mol. The Kier molecular flexibility index (Phi) is 4.86. The molecule has 0 aliphatic rings. The summed E-state index contributed by atoms with van der Waals surface area (Å²) in [4.78, 5) is 1.30. The minimum atomic E-state index is 0.114. The molecule has 19 heavy (non-hydrogen) atoms. The van der Waals surface area contributed by atoms with Gasteiger partial charge in [-0.2, -0.15) is 0 Å². The smallest absolute Gasteiger partial charge is 0.124 e. The molecule has 0 radical (unpaired) electrons. The quantitative estimate of drug-likeness (QED) is 0.882. The van der Waals surface area contributed by atoms with Gasteiger partial charge in [-0.1, -0.05) is 18.5 Å². The van der Waals surface area contributed by atoms with Crippen LogP contribution >= 0.6 is 22.9 Å². The van der Waals surface area contributed by atoms with Crippen LogP contribution in [0.5, 0.6) is 5.75 Å². The summed E-state index contributed by atoms with van der Waals surface area (Å²) in [5.74, 6) is 0.860. The van der Waals surface area contributed by atoms with Crippen LogP contribution in [0.3, 0.4) is 0 Å². The maximum Gasteiger partial charge on any atom is 0.124 e. The number of aryl methyl sites for hydroxylation is 1. The van der Waals surface area contributed by atoms with Gasteiger partial charge in [-0.15, -0.1) is 11.3 Å². The van der Waals surface area contributed by atoms with Gasteiger partial charge in [0.25, 0.3) is 0 Å². The number of rotatable bonds is 5. The second-order valence-electron chi connectivity index (χ2n) is 4.37. The number of hydrogen-bond donors (Lipinski definition) is 1. The van der Waals surface area contributed by atoms with Crippen molar-refractivity contribution >= 4 is 22.9 Å². The van der Waals surface area contributed by atoms with E-state index in [4.69, 9.17) is 16.3 Å². The van der Waals surface area contributed by atoms with Crippen LogP contribution in [-0.4, -0.2) is 13.7 Å². The highest BCUT2D eigenvalue weighted by Crippen LogP contribution is 2.33. The first kappa shape index (κ1) is 14.4. The maximum atomic E-state index is 6.13. The molecule has 1 aromatic heterocycles. The Morgan fingerprint density at radius 3 is 2.74 bits per heavy atom. The van der Waals surface area contributed by atoms with Gasteiger partial charge in [-0.3, -0.25) is 0 Å². The SMILES string of the molecule is CCNC(c1csc(C)c1)c1cc(Cl)ccc1OC. The van der Waals surface area contributed by atoms with Crippen LogP contribution in [0, 0.1) is 6.92 Å². The van der Waals surface area contributed by atoms with E-state index in [1.54, 1.807) is 18.4 Å². The number of thiophene rings is 1. The van der Waals surface area contributed by atoms with Crippen molar-refractivity contribution in [2.45, 2.75) is 19.9 Å². The summed E-state index contributed by atoms with van der Waals surface area (Å²) in [6.45, 7) is 5.10. The molecule has 0 bridgehead atoms. The molecule has 1 heterocycles. The molecule has 0 spiro atoms. The zero-order valence-electron chi connectivity index (χ0n) is 11.4. The van der Waals surface area contributed by atoms with Crippen LogP contribution in [0.15, 0.2) is 29.6 Å². The lowest BCUT2D eigenvalue weighted by Crippen LogP contribution is -2.22. The van der Waals surface area contributed by atoms with Gasteiger partial charge in [-0.25, -0.2) is 0 Å². The van der Waals surface area contributed by atoms with Crippen molar-refractivity contribution in [3.63, 3.8) is 0 Å². The second-order valence-corrected chi connectivity index (χ2v) is 5.92. The minimum Gasteiger partial charge on any atom is -0.496 e. The van der Waals surface area contributed by atoms with Crippen LogP contribution in [0.2, 0.25) is 5.02 Å². The van der Waals surface area contributed by atoms with E-state index in [0.717, 1.165) is 22.9 Å². The molecule has 0 fully saturated rings. The summed E-state index contributed by atoms with van der Waals surface area (Å²) >= 11 is 7.89. The van der Waals surface area contributed by atoms with Crippen LogP contribution in [-0.2, 0) is 0 Å². The number of benzene rings is 1. The fourth-order valence-corrected chi connectivity index (χ4v) is 3.07. The van der Waals surface area contributed by atoms with Gasteiger partial charge in [0, 0.05) is 15.5 Å². The number of halogens is 1. The Morgan fingerprint density at radius 1 is 1.37 bits per heavy atom. The van der Waals surface area contributed by atoms with Gasteiger partial charge in [0.2, 0.25) is 0 Å². The number of nitrogens with one attached hydrogen (secondary N) is 1. The van der Waals surface area contributed by atoms with Gasteiger partial charge in [0.1, 0.15) is 5.75 Å². The molecule has 0 saturated carbocycles. The molecule has 1 N–H and O–H groups in total. The second kappa shape index (κ2) is 6.42. The molecule has 2 rings (SSSR count). The molecule has 2 nitrogen and oxygen atoms in total. The lowest BCUT2D eigenvalue weighted by molar-refractivity contribution is 0.404. The standard InChI is InChI=1S/C15H18ClNOS/c1-4-17-15(11-7-10(2)19-9-11)13-8-12(16)5-6-14(13)18-3/h5-9,15,17H,4H2,1-3H3. The third kappa shape index (κ3) is 3.30. The van der Waals surface area contributed by atoms with Gasteiger partial charge in [0.05, 0.1) is 13.2 Å². The van der Waals surface area contributed by atoms with Gasteiger partial charge in [0.15, 0.2) is 0 Å². The molecule has 1 atom stereocenters. The van der Waals surface area contributed by atoms with Crippen molar-refractivity contribution in [2.24, 2.45) is 0 Å². The first-order chi connectivity index (χ1) is 9.15. The largest absolute Gasteiger partial charge is 0.496 e. The fourth-order valence-electron chi connectivity index (χ4n) is 2.16. The fraction of sp³-hybridized carbons (Fsp3) is 0.333. The molecule has 1 unspecified atom stereocenters. The van der Waals surface area contributed by atoms with Gasteiger partial charge >= 0.3 is 0 Å². The van der Waals surface area contributed by atoms with E-state index in [9.17, 15) is 0 Å². The van der Waals surface area contributed by atoms with E-state index in [-0.39, 0.29) is 6.04 Å². The highest BCUT2D eigenvalue weighted by Gasteiger charge is 2.18. The molecule has 1 aromatic carbocycles. The highest BCUT2D eigenvalue weighted by molar-refractivity contribution is 7.10. The van der Waals surface area contributed by atoms with Crippen LogP contribution in [0.25, 0.3) is 0 Å². The Labute approximate surface area is 123 Å². The third-order valence-corrected chi connectivity index (χ3v) is 4.11. The highest BCUT2D eigenvalue weighted by atomic mass is 35.5. The van der Waals surface area contributed by atoms with E-state index in [2.05, 4.69) is 30.6 Å². The zero-order valence-corrected chi connectivity index (χ0v) is 12.9. The molecule has 0 aliphatic carbocycles. The molecule has 2 aromatic rings. The number of methoxy groups -OCH3 is 1. The first-order valence-corrected chi connectivity index (χ1v) is 7.53.